The number of thioether (sulfide) groups is 1. The predicted octanol–water partition coefficient (Wildman–Crippen LogP) is 3.79. The van der Waals surface area contributed by atoms with Gasteiger partial charge in [0.05, 0.1) is 17.0 Å². The summed E-state index contributed by atoms with van der Waals surface area (Å²) in [5.41, 5.74) is 1.84. The highest BCUT2D eigenvalue weighted by Crippen LogP contribution is 2.23. The number of furan rings is 1. The molecule has 0 N–H and O–H groups in total. The van der Waals surface area contributed by atoms with Crippen molar-refractivity contribution in [3.63, 3.8) is 0 Å². The zero-order valence-corrected chi connectivity index (χ0v) is 11.9. The van der Waals surface area contributed by atoms with Gasteiger partial charge >= 0.3 is 0 Å². The van der Waals surface area contributed by atoms with Crippen LogP contribution in [0, 0.1) is 6.92 Å². The van der Waals surface area contributed by atoms with Crippen molar-refractivity contribution in [1.82, 2.24) is 15.2 Å². The summed E-state index contributed by atoms with van der Waals surface area (Å²) in [6.07, 6.45) is 1.63. The van der Waals surface area contributed by atoms with Gasteiger partial charge in [0.25, 0.3) is 0 Å². The van der Waals surface area contributed by atoms with E-state index >= 15 is 0 Å². The summed E-state index contributed by atoms with van der Waals surface area (Å²) in [5.74, 6) is 1.55. The van der Waals surface area contributed by atoms with Crippen molar-refractivity contribution in [2.75, 3.05) is 0 Å². The fraction of sp³-hybridized carbons (Fsp3) is 0.154. The molecule has 0 aromatic carbocycles. The van der Waals surface area contributed by atoms with Gasteiger partial charge in [0.15, 0.2) is 5.76 Å². The highest BCUT2D eigenvalue weighted by molar-refractivity contribution is 7.98. The lowest BCUT2D eigenvalue weighted by molar-refractivity contribution is 0.578. The van der Waals surface area contributed by atoms with Gasteiger partial charge in [0, 0.05) is 11.1 Å². The lowest BCUT2D eigenvalue weighted by Crippen LogP contribution is -1.89. The monoisotopic (exact) mass is 289 g/mol. The Labute approximate surface area is 118 Å². The minimum atomic E-state index is 0.735. The van der Waals surface area contributed by atoms with Gasteiger partial charge in [0.2, 0.25) is 0 Å². The highest BCUT2D eigenvalue weighted by Gasteiger charge is 2.05. The number of aryl methyl sites for hydroxylation is 1. The van der Waals surface area contributed by atoms with Crippen LogP contribution in [0.5, 0.6) is 0 Å². The van der Waals surface area contributed by atoms with Crippen LogP contribution in [0.3, 0.4) is 0 Å². The maximum Gasteiger partial charge on any atom is 0.154 e. The van der Waals surface area contributed by atoms with E-state index in [0.29, 0.717) is 0 Å². The average molecular weight is 289 g/mol. The third-order valence-corrected chi connectivity index (χ3v) is 4.22. The van der Waals surface area contributed by atoms with Crippen LogP contribution < -0.4 is 0 Å². The van der Waals surface area contributed by atoms with E-state index in [1.54, 1.807) is 29.4 Å². The molecule has 6 heteroatoms. The summed E-state index contributed by atoms with van der Waals surface area (Å²) in [5, 5.41) is 12.4. The maximum absolute atomic E-state index is 5.27. The Kier molecular flexibility index (Phi) is 3.61. The topological polar surface area (TPSA) is 51.8 Å². The van der Waals surface area contributed by atoms with Gasteiger partial charge in [-0.25, -0.2) is 4.98 Å². The molecule has 0 spiro atoms. The van der Waals surface area contributed by atoms with Crippen molar-refractivity contribution in [2.24, 2.45) is 0 Å². The first-order valence-corrected chi connectivity index (χ1v) is 7.59. The Morgan fingerprint density at radius 3 is 2.84 bits per heavy atom. The molecule has 3 aromatic heterocycles. The van der Waals surface area contributed by atoms with Crippen molar-refractivity contribution in [1.29, 1.82) is 0 Å². The molecule has 4 nitrogen and oxygen atoms in total. The van der Waals surface area contributed by atoms with Crippen molar-refractivity contribution in [3.8, 4) is 11.5 Å². The van der Waals surface area contributed by atoms with Gasteiger partial charge in [0.1, 0.15) is 10.7 Å². The second-order valence-electron chi connectivity index (χ2n) is 3.88. The maximum atomic E-state index is 5.27. The van der Waals surface area contributed by atoms with Crippen molar-refractivity contribution in [3.05, 3.63) is 46.6 Å². The molecule has 19 heavy (non-hydrogen) atoms. The third kappa shape index (κ3) is 3.02. The van der Waals surface area contributed by atoms with Crippen LogP contribution in [0.2, 0.25) is 0 Å². The summed E-state index contributed by atoms with van der Waals surface area (Å²) in [6.45, 7) is 2.01. The minimum Gasteiger partial charge on any atom is -0.463 e. The van der Waals surface area contributed by atoms with Crippen LogP contribution in [0.1, 0.15) is 10.7 Å². The van der Waals surface area contributed by atoms with Gasteiger partial charge in [-0.15, -0.1) is 21.5 Å². The summed E-state index contributed by atoms with van der Waals surface area (Å²) >= 11 is 3.30. The number of hydrogen-bond donors (Lipinski definition) is 0. The lowest BCUT2D eigenvalue weighted by atomic mass is 10.3. The van der Waals surface area contributed by atoms with E-state index in [0.717, 1.165) is 32.9 Å². The third-order valence-electron chi connectivity index (χ3n) is 2.45. The van der Waals surface area contributed by atoms with Gasteiger partial charge in [-0.3, -0.25) is 0 Å². The Bertz CT molecular complexity index is 647. The number of aromatic nitrogens is 3. The molecule has 96 valence electrons. The molecule has 0 saturated carbocycles. The van der Waals surface area contributed by atoms with E-state index < -0.39 is 0 Å². The molecule has 0 aliphatic carbocycles. The van der Waals surface area contributed by atoms with Crippen LogP contribution in [0.15, 0.2) is 45.4 Å². The first kappa shape index (κ1) is 12.4. The van der Waals surface area contributed by atoms with Crippen LogP contribution in [0.25, 0.3) is 11.5 Å². The largest absolute Gasteiger partial charge is 0.463 e. The van der Waals surface area contributed by atoms with Crippen LogP contribution in [0.4, 0.5) is 0 Å². The number of thiazole rings is 1. The molecule has 3 rings (SSSR count). The molecule has 0 atom stereocenters. The molecule has 0 fully saturated rings. The van der Waals surface area contributed by atoms with Crippen molar-refractivity contribution < 1.29 is 4.42 Å². The highest BCUT2D eigenvalue weighted by atomic mass is 32.2. The first-order valence-electron chi connectivity index (χ1n) is 5.73. The van der Waals surface area contributed by atoms with Crippen molar-refractivity contribution >= 4 is 23.1 Å². The molecule has 0 bridgehead atoms. The van der Waals surface area contributed by atoms with Crippen molar-refractivity contribution in [2.45, 2.75) is 17.7 Å². The lowest BCUT2D eigenvalue weighted by Gasteiger charge is -1.99. The Balaban J connectivity index is 1.66. The summed E-state index contributed by atoms with van der Waals surface area (Å²) in [4.78, 5) is 4.42. The molecule has 3 heterocycles. The normalized spacial score (nSPS) is 10.8. The first-order chi connectivity index (χ1) is 9.31. The van der Waals surface area contributed by atoms with Gasteiger partial charge < -0.3 is 4.42 Å². The second-order valence-corrected chi connectivity index (χ2v) is 5.94. The molecular formula is C13H11N3OS2. The number of hydrogen-bond acceptors (Lipinski definition) is 6. The van der Waals surface area contributed by atoms with Crippen LogP contribution in [-0.4, -0.2) is 15.2 Å². The van der Waals surface area contributed by atoms with E-state index in [4.69, 9.17) is 4.42 Å². The molecule has 3 aromatic rings. The van der Waals surface area contributed by atoms with E-state index in [1.807, 2.05) is 31.2 Å². The molecule has 0 saturated heterocycles. The second kappa shape index (κ2) is 5.54. The molecule has 0 aliphatic heterocycles. The van der Waals surface area contributed by atoms with Crippen LogP contribution in [-0.2, 0) is 5.75 Å². The van der Waals surface area contributed by atoms with Crippen LogP contribution >= 0.6 is 23.1 Å². The molecule has 0 amide bonds. The standard InChI is InChI=1S/C13H11N3OS2/c1-9-14-10(7-18-9)8-19-13-5-4-11(15-16-13)12-3-2-6-17-12/h2-7H,8H2,1H3. The Hall–Kier alpha value is -1.66. The zero-order valence-electron chi connectivity index (χ0n) is 10.2. The summed E-state index contributed by atoms with van der Waals surface area (Å²) in [6, 6.07) is 7.58. The molecule has 0 radical (unpaired) electrons. The van der Waals surface area contributed by atoms with E-state index in [2.05, 4.69) is 20.6 Å². The average Bonchev–Trinajstić information content (AvgIpc) is 3.08. The number of rotatable bonds is 4. The van der Waals surface area contributed by atoms with E-state index in [1.165, 1.54) is 0 Å². The quantitative estimate of drug-likeness (QED) is 0.684. The minimum absolute atomic E-state index is 0.735. The van der Waals surface area contributed by atoms with Gasteiger partial charge in [-0.1, -0.05) is 11.8 Å². The summed E-state index contributed by atoms with van der Waals surface area (Å²) < 4.78 is 5.27. The fourth-order valence-corrected chi connectivity index (χ4v) is 3.00. The Morgan fingerprint density at radius 1 is 1.26 bits per heavy atom. The van der Waals surface area contributed by atoms with E-state index in [-0.39, 0.29) is 0 Å². The smallest absolute Gasteiger partial charge is 0.154 e. The van der Waals surface area contributed by atoms with Gasteiger partial charge in [-0.05, 0) is 31.2 Å². The van der Waals surface area contributed by atoms with Gasteiger partial charge in [-0.2, -0.15) is 0 Å². The predicted molar refractivity (Wildman–Crippen MR) is 76.1 cm³/mol. The number of nitrogens with zero attached hydrogens (tertiary/aromatic N) is 3. The molecule has 0 unspecified atom stereocenters. The zero-order chi connectivity index (χ0) is 13.1. The Morgan fingerprint density at radius 2 is 2.21 bits per heavy atom. The molecular weight excluding hydrogens is 278 g/mol. The molecule has 0 aliphatic rings. The fourth-order valence-electron chi connectivity index (χ4n) is 1.58. The summed E-state index contributed by atoms with van der Waals surface area (Å²) in [7, 11) is 0. The van der Waals surface area contributed by atoms with E-state index in [9.17, 15) is 0 Å². The SMILES string of the molecule is Cc1nc(CSc2ccc(-c3ccco3)nn2)cs1.